The third-order valence-corrected chi connectivity index (χ3v) is 8.18. The largest absolute Gasteiger partial charge is 0.491 e. The van der Waals surface area contributed by atoms with E-state index in [2.05, 4.69) is 27.1 Å². The Morgan fingerprint density at radius 3 is 2.46 bits per heavy atom. The number of esters is 2. The third kappa shape index (κ3) is 6.00. The summed E-state index contributed by atoms with van der Waals surface area (Å²) in [7, 11) is 0. The van der Waals surface area contributed by atoms with Crippen LogP contribution in [-0.2, 0) is 32.0 Å². The lowest BCUT2D eigenvalue weighted by molar-refractivity contribution is -0.203. The quantitative estimate of drug-likeness (QED) is 0.282. The number of rotatable bonds is 7. The minimum Gasteiger partial charge on any atom is -0.386 e. The topological polar surface area (TPSA) is 75.7 Å². The molecule has 2 aliphatic carbocycles. The van der Waals surface area contributed by atoms with Gasteiger partial charge in [0.25, 0.3) is 0 Å². The van der Waals surface area contributed by atoms with E-state index in [0.29, 0.717) is 11.5 Å². The lowest BCUT2D eigenvalue weighted by atomic mass is 9.84. The Morgan fingerprint density at radius 2 is 1.77 bits per heavy atom. The number of ether oxygens (including phenoxy) is 1. The molecule has 2 fully saturated rings. The Balaban J connectivity index is 1.26. The number of amides is 1. The van der Waals surface area contributed by atoms with Crippen LogP contribution in [0.5, 0.6) is 0 Å². The highest BCUT2D eigenvalue weighted by Crippen LogP contribution is 2.50. The van der Waals surface area contributed by atoms with Gasteiger partial charge in [-0.2, -0.15) is 13.2 Å². The van der Waals surface area contributed by atoms with Crippen molar-refractivity contribution in [2.45, 2.75) is 63.6 Å². The van der Waals surface area contributed by atoms with E-state index in [-0.39, 0.29) is 43.4 Å². The summed E-state index contributed by atoms with van der Waals surface area (Å²) in [4.78, 5) is 38.6. The summed E-state index contributed by atoms with van der Waals surface area (Å²) in [6, 6.07) is 12.4. The molecule has 6 nitrogen and oxygen atoms in total. The van der Waals surface area contributed by atoms with Crippen LogP contribution in [0, 0.1) is 17.2 Å². The van der Waals surface area contributed by atoms with Gasteiger partial charge in [-0.3, -0.25) is 14.5 Å². The Kier molecular flexibility index (Phi) is 7.50. The summed E-state index contributed by atoms with van der Waals surface area (Å²) in [5.41, 5.74) is 1.66. The standard InChI is InChI=1S/C29H30F4N2O4/c30-22-10-9-18(16-28(12-13-28)26(37)39-27(38)29(31,32)33)15-23(22)34-24(36)17-35-14-11-19-5-3-4-8-21(19)25(35)20-6-1-2-7-20/h3-5,8-10,15,20,25H,1-2,6-7,11-14,16-17H2,(H,34,36). The summed E-state index contributed by atoms with van der Waals surface area (Å²) in [6.07, 6.45) is 0.551. The molecular formula is C29H30F4N2O4. The van der Waals surface area contributed by atoms with Crippen molar-refractivity contribution in [1.82, 2.24) is 4.90 Å². The number of carbonyl (C=O) groups excluding carboxylic acids is 3. The van der Waals surface area contributed by atoms with Gasteiger partial charge >= 0.3 is 18.1 Å². The van der Waals surface area contributed by atoms with Crippen molar-refractivity contribution in [3.05, 3.63) is 65.0 Å². The molecule has 1 unspecified atom stereocenters. The van der Waals surface area contributed by atoms with E-state index in [9.17, 15) is 31.9 Å². The Labute approximate surface area is 223 Å². The van der Waals surface area contributed by atoms with Crippen molar-refractivity contribution in [2.24, 2.45) is 11.3 Å². The van der Waals surface area contributed by atoms with Gasteiger partial charge in [-0.15, -0.1) is 0 Å². The molecule has 1 N–H and O–H groups in total. The zero-order valence-electron chi connectivity index (χ0n) is 21.4. The molecule has 0 spiro atoms. The minimum absolute atomic E-state index is 0.0349. The van der Waals surface area contributed by atoms with Crippen molar-refractivity contribution >= 4 is 23.5 Å². The zero-order valence-corrected chi connectivity index (χ0v) is 21.4. The highest BCUT2D eigenvalue weighted by Gasteiger charge is 2.54. The van der Waals surface area contributed by atoms with Gasteiger partial charge in [0.1, 0.15) is 5.82 Å². The summed E-state index contributed by atoms with van der Waals surface area (Å²) in [6.45, 7) is 0.810. The fraction of sp³-hybridized carbons (Fsp3) is 0.483. The summed E-state index contributed by atoms with van der Waals surface area (Å²) in [5, 5.41) is 2.65. The first-order valence-electron chi connectivity index (χ1n) is 13.3. The maximum atomic E-state index is 14.6. The predicted molar refractivity (Wildman–Crippen MR) is 134 cm³/mol. The molecule has 208 valence electrons. The van der Waals surface area contributed by atoms with Gasteiger partial charge in [0.2, 0.25) is 5.91 Å². The van der Waals surface area contributed by atoms with E-state index >= 15 is 0 Å². The van der Waals surface area contributed by atoms with Crippen LogP contribution in [-0.4, -0.2) is 42.0 Å². The first kappa shape index (κ1) is 27.3. The molecule has 0 saturated heterocycles. The lowest BCUT2D eigenvalue weighted by Gasteiger charge is -2.40. The van der Waals surface area contributed by atoms with Crippen LogP contribution in [0.25, 0.3) is 0 Å². The van der Waals surface area contributed by atoms with Gasteiger partial charge in [-0.25, -0.2) is 9.18 Å². The number of halogens is 4. The van der Waals surface area contributed by atoms with Crippen molar-refractivity contribution in [3.8, 4) is 0 Å². The Hall–Kier alpha value is -3.27. The molecule has 39 heavy (non-hydrogen) atoms. The van der Waals surface area contributed by atoms with Gasteiger partial charge in [0.05, 0.1) is 17.6 Å². The van der Waals surface area contributed by atoms with E-state index in [0.717, 1.165) is 31.9 Å². The second kappa shape index (κ2) is 10.7. The molecule has 5 rings (SSSR count). The van der Waals surface area contributed by atoms with Gasteiger partial charge < -0.3 is 10.1 Å². The van der Waals surface area contributed by atoms with E-state index in [1.54, 1.807) is 0 Å². The molecule has 10 heteroatoms. The number of hydrogen-bond acceptors (Lipinski definition) is 5. The summed E-state index contributed by atoms with van der Waals surface area (Å²) >= 11 is 0. The second-order valence-corrected chi connectivity index (χ2v) is 10.9. The number of fused-ring (bicyclic) bond motifs is 1. The van der Waals surface area contributed by atoms with Crippen molar-refractivity contribution in [2.75, 3.05) is 18.4 Å². The number of alkyl halides is 3. The van der Waals surface area contributed by atoms with Crippen LogP contribution in [0.4, 0.5) is 23.2 Å². The SMILES string of the molecule is O=C(CN1CCc2ccccc2C1C1CCCC1)Nc1cc(CC2(C(=O)OC(=O)C(F)(F)F)CC2)ccc1F. The molecule has 2 aromatic rings. The molecule has 2 aromatic carbocycles. The van der Waals surface area contributed by atoms with Gasteiger partial charge in [0.15, 0.2) is 0 Å². The van der Waals surface area contributed by atoms with Crippen LogP contribution >= 0.6 is 0 Å². The molecule has 1 heterocycles. The van der Waals surface area contributed by atoms with Crippen LogP contribution in [0.15, 0.2) is 42.5 Å². The number of benzene rings is 2. The van der Waals surface area contributed by atoms with Crippen molar-refractivity contribution in [1.29, 1.82) is 0 Å². The Bertz CT molecular complexity index is 1270. The number of nitrogens with zero attached hydrogens (tertiary/aromatic N) is 1. The highest BCUT2D eigenvalue weighted by atomic mass is 19.4. The second-order valence-electron chi connectivity index (χ2n) is 10.9. The average molecular weight is 547 g/mol. The molecule has 0 bridgehead atoms. The van der Waals surface area contributed by atoms with E-state index in [1.807, 2.05) is 12.1 Å². The summed E-state index contributed by atoms with van der Waals surface area (Å²) in [5.74, 6) is -4.38. The monoisotopic (exact) mass is 546 g/mol. The van der Waals surface area contributed by atoms with E-state index < -0.39 is 29.3 Å². The molecule has 0 radical (unpaired) electrons. The zero-order chi connectivity index (χ0) is 27.8. The van der Waals surface area contributed by atoms with Gasteiger partial charge in [0, 0.05) is 12.6 Å². The molecule has 3 aliphatic rings. The number of anilines is 1. The molecule has 0 aromatic heterocycles. The first-order valence-corrected chi connectivity index (χ1v) is 13.3. The van der Waals surface area contributed by atoms with E-state index in [1.165, 1.54) is 36.1 Å². The molecule has 1 atom stereocenters. The predicted octanol–water partition coefficient (Wildman–Crippen LogP) is 5.51. The van der Waals surface area contributed by atoms with Crippen molar-refractivity contribution in [3.63, 3.8) is 0 Å². The molecular weight excluding hydrogens is 516 g/mol. The normalized spacial score (nSPS) is 20.8. The fourth-order valence-corrected chi connectivity index (χ4v) is 6.05. The van der Waals surface area contributed by atoms with Crippen LogP contribution in [0.3, 0.4) is 0 Å². The van der Waals surface area contributed by atoms with E-state index in [4.69, 9.17) is 0 Å². The first-order chi connectivity index (χ1) is 18.6. The Morgan fingerprint density at radius 1 is 1.05 bits per heavy atom. The number of hydrogen-bond donors (Lipinski definition) is 1. The van der Waals surface area contributed by atoms with Crippen LogP contribution in [0.1, 0.15) is 61.3 Å². The smallest absolute Gasteiger partial charge is 0.386 e. The molecule has 1 aliphatic heterocycles. The molecule has 1 amide bonds. The van der Waals surface area contributed by atoms with Gasteiger partial charge in [-0.1, -0.05) is 43.2 Å². The lowest BCUT2D eigenvalue weighted by Crippen LogP contribution is -2.43. The van der Waals surface area contributed by atoms with Crippen molar-refractivity contribution < 1.29 is 36.7 Å². The minimum atomic E-state index is -5.27. The van der Waals surface area contributed by atoms with Gasteiger partial charge in [-0.05, 0) is 73.3 Å². The number of nitrogens with one attached hydrogen (secondary N) is 1. The summed E-state index contributed by atoms with van der Waals surface area (Å²) < 4.78 is 56.2. The van der Waals surface area contributed by atoms with Crippen LogP contribution < -0.4 is 5.32 Å². The highest BCUT2D eigenvalue weighted by molar-refractivity contribution is 5.93. The third-order valence-electron chi connectivity index (χ3n) is 8.18. The number of carbonyl (C=O) groups is 3. The van der Waals surface area contributed by atoms with Crippen LogP contribution in [0.2, 0.25) is 0 Å². The maximum Gasteiger partial charge on any atom is 0.491 e. The molecule has 2 saturated carbocycles. The average Bonchev–Trinajstić information content (AvgIpc) is 3.47. The maximum absolute atomic E-state index is 14.6. The fourth-order valence-electron chi connectivity index (χ4n) is 6.05.